The summed E-state index contributed by atoms with van der Waals surface area (Å²) in [5.74, 6) is -0.890. The minimum absolute atomic E-state index is 0.159. The number of hydrogen-bond acceptors (Lipinski definition) is 2. The Bertz CT molecular complexity index is 396. The average molecular weight is 233 g/mol. The highest BCUT2D eigenvalue weighted by Gasteiger charge is 2.22. The molecule has 0 aliphatic rings. The van der Waals surface area contributed by atoms with Gasteiger partial charge in [-0.2, -0.15) is 0 Å². The predicted octanol–water partition coefficient (Wildman–Crippen LogP) is 2.10. The largest absolute Gasteiger partial charge is 0.345 e. The first kappa shape index (κ1) is 13.4. The van der Waals surface area contributed by atoms with E-state index >= 15 is 0 Å². The third-order valence-corrected chi connectivity index (χ3v) is 2.80. The van der Waals surface area contributed by atoms with Crippen molar-refractivity contribution in [1.29, 1.82) is 0 Å². The second-order valence-electron chi connectivity index (χ2n) is 4.78. The molecule has 3 heteroatoms. The van der Waals surface area contributed by atoms with E-state index in [0.29, 0.717) is 0 Å². The van der Waals surface area contributed by atoms with Crippen LogP contribution in [0.25, 0.3) is 0 Å². The van der Waals surface area contributed by atoms with Gasteiger partial charge in [-0.05, 0) is 25.8 Å². The molecule has 0 atom stereocenters. The SMILES string of the molecule is CCC(C)(C)NC(=O)C(=O)Cc1ccccc1. The molecule has 0 fully saturated rings. The quantitative estimate of drug-likeness (QED) is 0.792. The van der Waals surface area contributed by atoms with Gasteiger partial charge in [0.15, 0.2) is 0 Å². The van der Waals surface area contributed by atoms with E-state index in [9.17, 15) is 9.59 Å². The summed E-state index contributed by atoms with van der Waals surface area (Å²) in [6.07, 6.45) is 0.948. The molecule has 0 unspecified atom stereocenters. The minimum Gasteiger partial charge on any atom is -0.345 e. The molecule has 0 heterocycles. The molecule has 1 aromatic rings. The van der Waals surface area contributed by atoms with Crippen LogP contribution in [0.2, 0.25) is 0 Å². The van der Waals surface area contributed by atoms with Crippen molar-refractivity contribution in [2.75, 3.05) is 0 Å². The van der Waals surface area contributed by atoms with Crippen LogP contribution in [0.1, 0.15) is 32.8 Å². The third kappa shape index (κ3) is 4.39. The molecular formula is C14H19NO2. The second kappa shape index (κ2) is 5.62. The Morgan fingerprint density at radius 2 is 1.76 bits per heavy atom. The van der Waals surface area contributed by atoms with Crippen molar-refractivity contribution in [3.05, 3.63) is 35.9 Å². The number of carbonyl (C=O) groups is 2. The Labute approximate surface area is 102 Å². The molecule has 0 spiro atoms. The van der Waals surface area contributed by atoms with Gasteiger partial charge in [0.05, 0.1) is 0 Å². The Kier molecular flexibility index (Phi) is 4.44. The molecule has 1 amide bonds. The zero-order valence-corrected chi connectivity index (χ0v) is 10.6. The average Bonchev–Trinajstić information content (AvgIpc) is 2.30. The van der Waals surface area contributed by atoms with Gasteiger partial charge < -0.3 is 5.32 Å². The van der Waals surface area contributed by atoms with E-state index in [1.807, 2.05) is 51.1 Å². The predicted molar refractivity (Wildman–Crippen MR) is 67.7 cm³/mol. The molecule has 0 saturated carbocycles. The standard InChI is InChI=1S/C14H19NO2/c1-4-14(2,3)15-13(17)12(16)10-11-8-6-5-7-9-11/h5-9H,4,10H2,1-3H3,(H,15,17). The zero-order valence-electron chi connectivity index (χ0n) is 10.6. The molecule has 0 bridgehead atoms. The van der Waals surface area contributed by atoms with Crippen molar-refractivity contribution in [2.24, 2.45) is 0 Å². The van der Waals surface area contributed by atoms with Crippen LogP contribution in [0.15, 0.2) is 30.3 Å². The molecular weight excluding hydrogens is 214 g/mol. The summed E-state index contributed by atoms with van der Waals surface area (Å²) < 4.78 is 0. The van der Waals surface area contributed by atoms with Crippen LogP contribution in [0.4, 0.5) is 0 Å². The molecule has 0 aliphatic carbocycles. The van der Waals surface area contributed by atoms with Gasteiger partial charge in [0, 0.05) is 12.0 Å². The Morgan fingerprint density at radius 1 is 1.18 bits per heavy atom. The number of nitrogens with one attached hydrogen (secondary N) is 1. The summed E-state index contributed by atoms with van der Waals surface area (Å²) >= 11 is 0. The van der Waals surface area contributed by atoms with E-state index in [-0.39, 0.29) is 12.0 Å². The molecule has 0 aromatic heterocycles. The molecule has 0 radical (unpaired) electrons. The van der Waals surface area contributed by atoms with Crippen molar-refractivity contribution < 1.29 is 9.59 Å². The van der Waals surface area contributed by atoms with E-state index in [2.05, 4.69) is 5.32 Å². The first-order valence-electron chi connectivity index (χ1n) is 5.84. The van der Waals surface area contributed by atoms with Crippen molar-refractivity contribution in [2.45, 2.75) is 39.2 Å². The van der Waals surface area contributed by atoms with Crippen LogP contribution >= 0.6 is 0 Å². The lowest BCUT2D eigenvalue weighted by Gasteiger charge is -2.23. The Balaban J connectivity index is 2.57. The number of rotatable bonds is 5. The fourth-order valence-corrected chi connectivity index (χ4v) is 1.33. The van der Waals surface area contributed by atoms with Crippen LogP contribution in [0, 0.1) is 0 Å². The highest BCUT2D eigenvalue weighted by atomic mass is 16.2. The Morgan fingerprint density at radius 3 is 2.29 bits per heavy atom. The van der Waals surface area contributed by atoms with E-state index in [1.165, 1.54) is 0 Å². The molecule has 0 aliphatic heterocycles. The smallest absolute Gasteiger partial charge is 0.288 e. The molecule has 0 saturated heterocycles. The maximum atomic E-state index is 11.7. The number of amides is 1. The number of benzene rings is 1. The maximum Gasteiger partial charge on any atom is 0.288 e. The van der Waals surface area contributed by atoms with Crippen molar-refractivity contribution >= 4 is 11.7 Å². The van der Waals surface area contributed by atoms with Crippen LogP contribution in [-0.4, -0.2) is 17.2 Å². The summed E-state index contributed by atoms with van der Waals surface area (Å²) in [5, 5.41) is 2.74. The van der Waals surface area contributed by atoms with Gasteiger partial charge in [0.1, 0.15) is 0 Å². The fraction of sp³-hybridized carbons (Fsp3) is 0.429. The lowest BCUT2D eigenvalue weighted by atomic mass is 10.0. The van der Waals surface area contributed by atoms with Gasteiger partial charge in [0.25, 0.3) is 5.91 Å². The normalized spacial score (nSPS) is 11.0. The number of ketones is 1. The Hall–Kier alpha value is -1.64. The summed E-state index contributed by atoms with van der Waals surface area (Å²) in [4.78, 5) is 23.4. The fourth-order valence-electron chi connectivity index (χ4n) is 1.33. The van der Waals surface area contributed by atoms with E-state index in [4.69, 9.17) is 0 Å². The van der Waals surface area contributed by atoms with Gasteiger partial charge in [-0.1, -0.05) is 37.3 Å². The van der Waals surface area contributed by atoms with Crippen LogP contribution in [-0.2, 0) is 16.0 Å². The van der Waals surface area contributed by atoms with Crippen LogP contribution in [0.5, 0.6) is 0 Å². The van der Waals surface area contributed by atoms with E-state index in [0.717, 1.165) is 12.0 Å². The summed E-state index contributed by atoms with van der Waals surface area (Å²) in [6, 6.07) is 9.29. The number of carbonyl (C=O) groups excluding carboxylic acids is 2. The first-order valence-corrected chi connectivity index (χ1v) is 5.84. The highest BCUT2D eigenvalue weighted by molar-refractivity contribution is 6.36. The van der Waals surface area contributed by atoms with E-state index < -0.39 is 11.7 Å². The highest BCUT2D eigenvalue weighted by Crippen LogP contribution is 2.07. The molecule has 3 nitrogen and oxygen atoms in total. The second-order valence-corrected chi connectivity index (χ2v) is 4.78. The number of hydrogen-bond donors (Lipinski definition) is 1. The summed E-state index contributed by atoms with van der Waals surface area (Å²) in [7, 11) is 0. The van der Waals surface area contributed by atoms with Crippen molar-refractivity contribution in [3.8, 4) is 0 Å². The molecule has 1 rings (SSSR count). The summed E-state index contributed by atoms with van der Waals surface area (Å²) in [5.41, 5.74) is 0.533. The van der Waals surface area contributed by atoms with E-state index in [1.54, 1.807) is 0 Å². The van der Waals surface area contributed by atoms with Crippen LogP contribution in [0.3, 0.4) is 0 Å². The van der Waals surface area contributed by atoms with Crippen molar-refractivity contribution in [3.63, 3.8) is 0 Å². The first-order chi connectivity index (χ1) is 7.94. The topological polar surface area (TPSA) is 46.2 Å². The molecule has 17 heavy (non-hydrogen) atoms. The maximum absolute atomic E-state index is 11.7. The van der Waals surface area contributed by atoms with Gasteiger partial charge in [-0.3, -0.25) is 9.59 Å². The molecule has 1 N–H and O–H groups in total. The third-order valence-electron chi connectivity index (χ3n) is 2.80. The lowest BCUT2D eigenvalue weighted by Crippen LogP contribution is -2.46. The molecule has 1 aromatic carbocycles. The molecule has 92 valence electrons. The zero-order chi connectivity index (χ0) is 12.9. The van der Waals surface area contributed by atoms with Crippen molar-refractivity contribution in [1.82, 2.24) is 5.32 Å². The van der Waals surface area contributed by atoms with Gasteiger partial charge in [-0.25, -0.2) is 0 Å². The summed E-state index contributed by atoms with van der Waals surface area (Å²) in [6.45, 7) is 5.78. The number of Topliss-reactive ketones (excluding diaryl/α,β-unsaturated/α-hetero) is 1. The van der Waals surface area contributed by atoms with Crippen LogP contribution < -0.4 is 5.32 Å². The van der Waals surface area contributed by atoms with Gasteiger partial charge >= 0.3 is 0 Å². The minimum atomic E-state index is -0.499. The van der Waals surface area contributed by atoms with Gasteiger partial charge in [-0.15, -0.1) is 0 Å². The monoisotopic (exact) mass is 233 g/mol. The lowest BCUT2D eigenvalue weighted by molar-refractivity contribution is -0.138. The van der Waals surface area contributed by atoms with Gasteiger partial charge in [0.2, 0.25) is 5.78 Å².